The summed E-state index contributed by atoms with van der Waals surface area (Å²) in [6, 6.07) is 7.87. The molecule has 1 aromatic carbocycles. The lowest BCUT2D eigenvalue weighted by Gasteiger charge is -2.04. The second-order valence-electron chi connectivity index (χ2n) is 2.74. The van der Waals surface area contributed by atoms with Gasteiger partial charge < -0.3 is 4.74 Å². The van der Waals surface area contributed by atoms with Gasteiger partial charge >= 0.3 is 5.97 Å². The molecule has 0 aliphatic rings. The van der Waals surface area contributed by atoms with E-state index in [9.17, 15) is 4.79 Å². The van der Waals surface area contributed by atoms with Gasteiger partial charge in [0, 0.05) is 4.90 Å². The van der Waals surface area contributed by atoms with Crippen LogP contribution < -0.4 is 0 Å². The van der Waals surface area contributed by atoms with Crippen molar-refractivity contribution in [3.8, 4) is 0 Å². The van der Waals surface area contributed by atoms with Crippen LogP contribution in [0.25, 0.3) is 0 Å². The van der Waals surface area contributed by atoms with Gasteiger partial charge in [0.2, 0.25) is 0 Å². The Morgan fingerprint density at radius 3 is 2.50 bits per heavy atom. The standard InChI is InChI=1S/C9H8ClI2O2PS/c10-6-14-9(13)5-7-1-3-8(4-2-7)16-15(11)12/h1-4H,5-6H2. The maximum absolute atomic E-state index is 11.2. The van der Waals surface area contributed by atoms with Crippen molar-refractivity contribution in [2.45, 2.75) is 11.3 Å². The fourth-order valence-corrected chi connectivity index (χ4v) is 6.50. The van der Waals surface area contributed by atoms with Crippen LogP contribution in [0.3, 0.4) is 0 Å². The monoisotopic (exact) mass is 500 g/mol. The molecular formula is C9H8ClI2O2PS. The third kappa shape index (κ3) is 6.23. The molecule has 2 nitrogen and oxygen atoms in total. The van der Waals surface area contributed by atoms with Gasteiger partial charge in [-0.25, -0.2) is 0 Å². The molecule has 16 heavy (non-hydrogen) atoms. The molecule has 1 aromatic rings. The average Bonchev–Trinajstić information content (AvgIpc) is 2.20. The van der Waals surface area contributed by atoms with E-state index in [0.717, 1.165) is 5.56 Å². The molecule has 0 saturated carbocycles. The van der Waals surface area contributed by atoms with Gasteiger partial charge in [0.15, 0.2) is 6.07 Å². The molecular weight excluding hydrogens is 492 g/mol. The molecule has 0 bridgehead atoms. The summed E-state index contributed by atoms with van der Waals surface area (Å²) in [7, 11) is 0. The maximum atomic E-state index is 11.2. The zero-order chi connectivity index (χ0) is 12.0. The van der Waals surface area contributed by atoms with Crippen molar-refractivity contribution < 1.29 is 9.53 Å². The summed E-state index contributed by atoms with van der Waals surface area (Å²) < 4.78 is 4.60. The van der Waals surface area contributed by atoms with Gasteiger partial charge in [0.1, 0.15) is 0 Å². The number of rotatable bonds is 5. The summed E-state index contributed by atoms with van der Waals surface area (Å²) in [5.74, 6) is -0.291. The summed E-state index contributed by atoms with van der Waals surface area (Å²) in [6.07, 6.45) is 0.279. The van der Waals surface area contributed by atoms with E-state index >= 15 is 0 Å². The minimum Gasteiger partial charge on any atom is -0.449 e. The lowest BCUT2D eigenvalue weighted by Crippen LogP contribution is -2.06. The van der Waals surface area contributed by atoms with Crippen LogP contribution in [-0.4, -0.2) is 12.0 Å². The molecule has 0 radical (unpaired) electrons. The van der Waals surface area contributed by atoms with Gasteiger partial charge in [-0.05, 0) is 61.8 Å². The predicted octanol–water partition coefficient (Wildman–Crippen LogP) is 5.16. The SMILES string of the molecule is O=C(Cc1ccc(SP(I)I)cc1)OCCl. The molecule has 0 unspecified atom stereocenters. The molecule has 0 N–H and O–H groups in total. The van der Waals surface area contributed by atoms with Crippen molar-refractivity contribution in [1.82, 2.24) is 0 Å². The Labute approximate surface area is 131 Å². The molecule has 0 aromatic heterocycles. The molecule has 0 aliphatic heterocycles. The fourth-order valence-electron chi connectivity index (χ4n) is 1.03. The first-order chi connectivity index (χ1) is 7.61. The van der Waals surface area contributed by atoms with Gasteiger partial charge in [0.05, 0.1) is 8.83 Å². The average molecular weight is 500 g/mol. The van der Waals surface area contributed by atoms with Gasteiger partial charge in [-0.3, -0.25) is 4.79 Å². The van der Waals surface area contributed by atoms with Crippen LogP contribution in [0, 0.1) is 0 Å². The summed E-state index contributed by atoms with van der Waals surface area (Å²) in [5, 5.41) is 0. The van der Waals surface area contributed by atoms with Crippen LogP contribution >= 0.6 is 69.5 Å². The highest BCUT2D eigenvalue weighted by atomic mass is 127. The van der Waals surface area contributed by atoms with E-state index < -0.39 is 0 Å². The summed E-state index contributed by atoms with van der Waals surface area (Å²) in [4.78, 5) is 12.4. The van der Waals surface area contributed by atoms with E-state index in [1.165, 1.54) is 4.90 Å². The van der Waals surface area contributed by atoms with E-state index in [2.05, 4.69) is 48.8 Å². The first kappa shape index (κ1) is 15.3. The zero-order valence-electron chi connectivity index (χ0n) is 8.03. The highest BCUT2D eigenvalue weighted by Crippen LogP contribution is 2.67. The number of hydrogen-bond donors (Lipinski definition) is 0. The number of benzene rings is 1. The number of hydrogen-bond acceptors (Lipinski definition) is 3. The number of esters is 1. The van der Waals surface area contributed by atoms with Crippen molar-refractivity contribution in [3.05, 3.63) is 29.8 Å². The first-order valence-corrected chi connectivity index (χ1v) is 13.1. The van der Waals surface area contributed by atoms with Crippen LogP contribution in [0.4, 0.5) is 0 Å². The fraction of sp³-hybridized carbons (Fsp3) is 0.222. The van der Waals surface area contributed by atoms with E-state index in [4.69, 9.17) is 11.6 Å². The highest BCUT2D eigenvalue weighted by Gasteiger charge is 2.05. The molecule has 0 aliphatic carbocycles. The van der Waals surface area contributed by atoms with Gasteiger partial charge in [-0.2, -0.15) is 0 Å². The van der Waals surface area contributed by atoms with Crippen molar-refractivity contribution in [2.24, 2.45) is 0 Å². The van der Waals surface area contributed by atoms with Gasteiger partial charge in [-0.15, -0.1) is 0 Å². The second kappa shape index (κ2) is 8.34. The number of carbonyl (C=O) groups is 1. The molecule has 0 fully saturated rings. The van der Waals surface area contributed by atoms with Crippen LogP contribution in [0.1, 0.15) is 5.56 Å². The molecule has 1 rings (SSSR count). The van der Waals surface area contributed by atoms with Gasteiger partial charge in [-0.1, -0.05) is 35.1 Å². The van der Waals surface area contributed by atoms with Crippen LogP contribution in [-0.2, 0) is 16.0 Å². The Hall–Kier alpha value is 1.22. The number of halogens is 3. The molecule has 0 saturated heterocycles. The topological polar surface area (TPSA) is 26.3 Å². The van der Waals surface area contributed by atoms with E-state index in [0.29, 0.717) is 0 Å². The van der Waals surface area contributed by atoms with Crippen molar-refractivity contribution in [3.63, 3.8) is 0 Å². The molecule has 7 heteroatoms. The Balaban J connectivity index is 2.54. The molecule has 88 valence electrons. The van der Waals surface area contributed by atoms with Crippen molar-refractivity contribution >= 4 is 75.4 Å². The lowest BCUT2D eigenvalue weighted by molar-refractivity contribution is -0.140. The Morgan fingerprint density at radius 1 is 1.38 bits per heavy atom. The maximum Gasteiger partial charge on any atom is 0.311 e. The number of ether oxygens (including phenoxy) is 1. The van der Waals surface area contributed by atoms with Gasteiger partial charge in [0.25, 0.3) is 0 Å². The van der Waals surface area contributed by atoms with Crippen LogP contribution in [0.2, 0.25) is 0 Å². The highest BCUT2D eigenvalue weighted by molar-refractivity contribution is 14.3. The van der Waals surface area contributed by atoms with E-state index in [1.54, 1.807) is 0 Å². The quantitative estimate of drug-likeness (QED) is 0.242. The lowest BCUT2D eigenvalue weighted by atomic mass is 10.2. The zero-order valence-corrected chi connectivity index (χ0v) is 14.8. The van der Waals surface area contributed by atoms with Crippen LogP contribution in [0.5, 0.6) is 0 Å². The van der Waals surface area contributed by atoms with Crippen LogP contribution in [0.15, 0.2) is 29.2 Å². The Kier molecular flexibility index (Phi) is 7.97. The normalized spacial score (nSPS) is 10.5. The smallest absolute Gasteiger partial charge is 0.311 e. The molecule has 0 spiro atoms. The predicted molar refractivity (Wildman–Crippen MR) is 87.8 cm³/mol. The molecule has 0 heterocycles. The van der Waals surface area contributed by atoms with Crippen molar-refractivity contribution in [2.75, 3.05) is 6.07 Å². The molecule has 0 amide bonds. The summed E-state index contributed by atoms with van der Waals surface area (Å²) in [5.41, 5.74) is 0.950. The Bertz CT molecular complexity index is 348. The number of alkyl halides is 1. The summed E-state index contributed by atoms with van der Waals surface area (Å²) >= 11 is 12.0. The van der Waals surface area contributed by atoms with Crippen molar-refractivity contribution in [1.29, 1.82) is 0 Å². The third-order valence-corrected chi connectivity index (χ3v) is 6.98. The minimum absolute atomic E-state index is 0.0612. The third-order valence-electron chi connectivity index (χ3n) is 1.66. The number of carbonyl (C=O) groups excluding carboxylic acids is 1. The summed E-state index contributed by atoms with van der Waals surface area (Å²) in [6.45, 7) is 0. The first-order valence-electron chi connectivity index (χ1n) is 4.22. The Morgan fingerprint density at radius 2 is 2.00 bits per heavy atom. The second-order valence-corrected chi connectivity index (χ2v) is 20.9. The molecule has 0 atom stereocenters. The van der Waals surface area contributed by atoms with E-state index in [-0.39, 0.29) is 20.9 Å². The largest absolute Gasteiger partial charge is 0.449 e. The van der Waals surface area contributed by atoms with E-state index in [1.807, 2.05) is 35.6 Å². The minimum atomic E-state index is -0.291.